The maximum absolute atomic E-state index is 11.0. The average Bonchev–Trinajstić information content (AvgIpc) is 2.30. The molecule has 0 spiro atoms. The Morgan fingerprint density at radius 3 is 2.41 bits per heavy atom. The molecule has 1 atom stereocenters. The Hall–Kier alpha value is -1.07. The van der Waals surface area contributed by atoms with E-state index in [2.05, 4.69) is 15.9 Å². The molecule has 0 saturated heterocycles. The molecule has 17 heavy (non-hydrogen) atoms. The molecule has 2 N–H and O–H groups in total. The molecule has 0 aliphatic rings. The van der Waals surface area contributed by atoms with Gasteiger partial charge in [-0.25, -0.2) is 0 Å². The Bertz CT molecular complexity index is 419. The quantitative estimate of drug-likeness (QED) is 0.847. The maximum Gasteiger partial charge on any atom is 0.171 e. The normalized spacial score (nSPS) is 12.1. The maximum atomic E-state index is 11.0. The van der Waals surface area contributed by atoms with Crippen molar-refractivity contribution in [3.05, 3.63) is 21.7 Å². The Kier molecular flexibility index (Phi) is 4.96. The summed E-state index contributed by atoms with van der Waals surface area (Å²) >= 11 is 3.42. The van der Waals surface area contributed by atoms with Crippen LogP contribution >= 0.6 is 15.9 Å². The SMILES string of the molecule is COc1c(C=O)cc(Br)c(CC(C)N)c1OC. The smallest absolute Gasteiger partial charge is 0.171 e. The van der Waals surface area contributed by atoms with Crippen LogP contribution in [0.15, 0.2) is 10.5 Å². The highest BCUT2D eigenvalue weighted by Crippen LogP contribution is 2.39. The molecule has 0 aliphatic heterocycles. The van der Waals surface area contributed by atoms with E-state index in [1.807, 2.05) is 6.92 Å². The van der Waals surface area contributed by atoms with Crippen molar-refractivity contribution < 1.29 is 14.3 Å². The van der Waals surface area contributed by atoms with Gasteiger partial charge in [-0.05, 0) is 19.4 Å². The van der Waals surface area contributed by atoms with Crippen molar-refractivity contribution in [3.63, 3.8) is 0 Å². The van der Waals surface area contributed by atoms with Gasteiger partial charge in [-0.1, -0.05) is 15.9 Å². The van der Waals surface area contributed by atoms with Crippen molar-refractivity contribution in [2.75, 3.05) is 14.2 Å². The van der Waals surface area contributed by atoms with E-state index in [4.69, 9.17) is 15.2 Å². The minimum atomic E-state index is -0.00742. The summed E-state index contributed by atoms with van der Waals surface area (Å²) in [6.07, 6.45) is 1.38. The van der Waals surface area contributed by atoms with Gasteiger partial charge >= 0.3 is 0 Å². The van der Waals surface area contributed by atoms with E-state index in [-0.39, 0.29) is 6.04 Å². The number of halogens is 1. The number of hydrogen-bond donors (Lipinski definition) is 1. The van der Waals surface area contributed by atoms with Crippen molar-refractivity contribution >= 4 is 22.2 Å². The molecule has 0 fully saturated rings. The second-order valence-electron chi connectivity index (χ2n) is 3.79. The van der Waals surface area contributed by atoms with Gasteiger partial charge in [0.25, 0.3) is 0 Å². The Balaban J connectivity index is 3.43. The first-order chi connectivity index (χ1) is 8.04. The van der Waals surface area contributed by atoms with Gasteiger partial charge in [0.05, 0.1) is 19.8 Å². The van der Waals surface area contributed by atoms with Gasteiger partial charge in [-0.15, -0.1) is 0 Å². The molecule has 0 saturated carbocycles. The monoisotopic (exact) mass is 301 g/mol. The molecule has 0 radical (unpaired) electrons. The number of nitrogens with two attached hydrogens (primary N) is 1. The highest BCUT2D eigenvalue weighted by molar-refractivity contribution is 9.10. The van der Waals surface area contributed by atoms with E-state index < -0.39 is 0 Å². The average molecular weight is 302 g/mol. The van der Waals surface area contributed by atoms with Crippen LogP contribution in [0, 0.1) is 0 Å². The molecule has 0 amide bonds. The molecule has 5 heteroatoms. The van der Waals surface area contributed by atoms with E-state index in [0.29, 0.717) is 23.5 Å². The second-order valence-corrected chi connectivity index (χ2v) is 4.65. The third-order valence-electron chi connectivity index (χ3n) is 2.37. The fourth-order valence-electron chi connectivity index (χ4n) is 1.69. The second kappa shape index (κ2) is 6.02. The number of ether oxygens (including phenoxy) is 2. The molecule has 1 unspecified atom stereocenters. The molecule has 94 valence electrons. The molecule has 0 heterocycles. The van der Waals surface area contributed by atoms with E-state index >= 15 is 0 Å². The summed E-state index contributed by atoms with van der Waals surface area (Å²) in [4.78, 5) is 11.0. The van der Waals surface area contributed by atoms with Crippen LogP contribution in [0.5, 0.6) is 11.5 Å². The lowest BCUT2D eigenvalue weighted by molar-refractivity contribution is 0.112. The first-order valence-corrected chi connectivity index (χ1v) is 5.98. The number of hydrogen-bond acceptors (Lipinski definition) is 4. The molecule has 1 aromatic carbocycles. The van der Waals surface area contributed by atoms with Crippen molar-refractivity contribution in [1.82, 2.24) is 0 Å². The van der Waals surface area contributed by atoms with E-state index in [9.17, 15) is 4.79 Å². The lowest BCUT2D eigenvalue weighted by atomic mass is 10.0. The number of carbonyl (C=O) groups is 1. The Morgan fingerprint density at radius 2 is 2.00 bits per heavy atom. The summed E-state index contributed by atoms with van der Waals surface area (Å²) < 4.78 is 11.3. The fraction of sp³-hybridized carbons (Fsp3) is 0.417. The first-order valence-electron chi connectivity index (χ1n) is 5.19. The molecule has 1 rings (SSSR count). The largest absolute Gasteiger partial charge is 0.493 e. The lowest BCUT2D eigenvalue weighted by Gasteiger charge is -2.17. The zero-order chi connectivity index (χ0) is 13.0. The number of methoxy groups -OCH3 is 2. The van der Waals surface area contributed by atoms with E-state index in [1.54, 1.807) is 13.2 Å². The third-order valence-corrected chi connectivity index (χ3v) is 3.08. The third kappa shape index (κ3) is 2.98. The van der Waals surface area contributed by atoms with Gasteiger partial charge in [0.1, 0.15) is 0 Å². The van der Waals surface area contributed by atoms with Crippen molar-refractivity contribution in [3.8, 4) is 11.5 Å². The van der Waals surface area contributed by atoms with Crippen molar-refractivity contribution in [2.45, 2.75) is 19.4 Å². The number of benzene rings is 1. The lowest BCUT2D eigenvalue weighted by Crippen LogP contribution is -2.19. The van der Waals surface area contributed by atoms with Crippen molar-refractivity contribution in [1.29, 1.82) is 0 Å². The summed E-state index contributed by atoms with van der Waals surface area (Å²) in [6, 6.07) is 1.71. The zero-order valence-electron chi connectivity index (χ0n) is 10.1. The minimum absolute atomic E-state index is 0.00742. The van der Waals surface area contributed by atoms with Gasteiger partial charge in [-0.2, -0.15) is 0 Å². The fourth-order valence-corrected chi connectivity index (χ4v) is 2.28. The summed E-state index contributed by atoms with van der Waals surface area (Å²) in [5.41, 5.74) is 7.15. The highest BCUT2D eigenvalue weighted by atomic mass is 79.9. The van der Waals surface area contributed by atoms with Crippen molar-refractivity contribution in [2.24, 2.45) is 5.73 Å². The van der Waals surface area contributed by atoms with Crippen LogP contribution in [0.4, 0.5) is 0 Å². The molecule has 4 nitrogen and oxygen atoms in total. The summed E-state index contributed by atoms with van der Waals surface area (Å²) in [7, 11) is 3.05. The molecule has 1 aromatic rings. The number of aldehydes is 1. The zero-order valence-corrected chi connectivity index (χ0v) is 11.7. The van der Waals surface area contributed by atoms with Gasteiger partial charge in [0, 0.05) is 16.1 Å². The van der Waals surface area contributed by atoms with E-state index in [1.165, 1.54) is 7.11 Å². The van der Waals surface area contributed by atoms with Crippen LogP contribution in [0.25, 0.3) is 0 Å². The van der Waals surface area contributed by atoms with Crippen LogP contribution in [0.2, 0.25) is 0 Å². The molecule has 0 aliphatic carbocycles. The Morgan fingerprint density at radius 1 is 1.41 bits per heavy atom. The van der Waals surface area contributed by atoms with Crippen LogP contribution in [-0.4, -0.2) is 26.5 Å². The molecule has 0 aromatic heterocycles. The van der Waals surface area contributed by atoms with Crippen LogP contribution in [-0.2, 0) is 6.42 Å². The standard InChI is InChI=1S/C12H16BrNO3/c1-7(14)4-9-10(13)5-8(6-15)11(16-2)12(9)17-3/h5-7H,4,14H2,1-3H3. The molecular formula is C12H16BrNO3. The van der Waals surface area contributed by atoms with E-state index in [0.717, 1.165) is 16.3 Å². The van der Waals surface area contributed by atoms with Crippen LogP contribution < -0.4 is 15.2 Å². The highest BCUT2D eigenvalue weighted by Gasteiger charge is 2.19. The summed E-state index contributed by atoms with van der Waals surface area (Å²) in [5.74, 6) is 1.00. The van der Waals surface area contributed by atoms with Gasteiger partial charge in [0.2, 0.25) is 0 Å². The minimum Gasteiger partial charge on any atom is -0.493 e. The molecule has 0 bridgehead atoms. The Labute approximate surface area is 109 Å². The number of rotatable bonds is 5. The summed E-state index contributed by atoms with van der Waals surface area (Å²) in [6.45, 7) is 1.91. The summed E-state index contributed by atoms with van der Waals surface area (Å²) in [5, 5.41) is 0. The van der Waals surface area contributed by atoms with Crippen LogP contribution in [0.1, 0.15) is 22.8 Å². The van der Waals surface area contributed by atoms with Gasteiger partial charge in [0.15, 0.2) is 17.8 Å². The number of carbonyl (C=O) groups excluding carboxylic acids is 1. The van der Waals surface area contributed by atoms with Gasteiger partial charge < -0.3 is 15.2 Å². The van der Waals surface area contributed by atoms with Gasteiger partial charge in [-0.3, -0.25) is 4.79 Å². The first kappa shape index (κ1) is 14.0. The molecular weight excluding hydrogens is 286 g/mol. The topological polar surface area (TPSA) is 61.5 Å². The predicted octanol–water partition coefficient (Wildman–Crippen LogP) is 2.17. The van der Waals surface area contributed by atoms with Crippen LogP contribution in [0.3, 0.4) is 0 Å². The predicted molar refractivity (Wildman–Crippen MR) is 70.0 cm³/mol.